The molecule has 0 radical (unpaired) electrons. The number of hydrogen-bond acceptors (Lipinski definition) is 4. The molecule has 4 nitrogen and oxygen atoms in total. The van der Waals surface area contributed by atoms with Crippen LogP contribution in [0.3, 0.4) is 0 Å². The third kappa shape index (κ3) is 3.02. The Labute approximate surface area is 168 Å². The molecule has 0 aliphatic heterocycles. The van der Waals surface area contributed by atoms with Crippen molar-refractivity contribution in [3.63, 3.8) is 0 Å². The molecule has 2 heterocycles. The maximum Gasteiger partial charge on any atom is 0.262 e. The number of carbonyl (C=O) groups is 1. The van der Waals surface area contributed by atoms with Crippen molar-refractivity contribution in [1.82, 2.24) is 9.55 Å². The van der Waals surface area contributed by atoms with E-state index in [0.717, 1.165) is 42.3 Å². The molecule has 1 aromatic carbocycles. The van der Waals surface area contributed by atoms with Crippen LogP contribution in [0, 0.1) is 5.92 Å². The summed E-state index contributed by atoms with van der Waals surface area (Å²) in [4.78, 5) is 32.6. The highest BCUT2D eigenvalue weighted by Crippen LogP contribution is 2.35. The highest BCUT2D eigenvalue weighted by Gasteiger charge is 2.23. The molecule has 28 heavy (non-hydrogen) atoms. The first-order chi connectivity index (χ1) is 13.6. The summed E-state index contributed by atoms with van der Waals surface area (Å²) in [5, 5.41) is 0.743. The maximum absolute atomic E-state index is 13.1. The van der Waals surface area contributed by atoms with Gasteiger partial charge in [-0.3, -0.25) is 14.2 Å². The molecular formula is C23H24N2O2S. The van der Waals surface area contributed by atoms with Crippen LogP contribution in [0.4, 0.5) is 0 Å². The molecule has 3 aromatic rings. The van der Waals surface area contributed by atoms with Gasteiger partial charge < -0.3 is 0 Å². The lowest BCUT2D eigenvalue weighted by atomic mass is 9.89. The van der Waals surface area contributed by atoms with Crippen molar-refractivity contribution in [2.24, 2.45) is 5.92 Å². The quantitative estimate of drug-likeness (QED) is 0.623. The topological polar surface area (TPSA) is 52.0 Å². The van der Waals surface area contributed by atoms with E-state index in [2.05, 4.69) is 18.0 Å². The van der Waals surface area contributed by atoms with Gasteiger partial charge in [-0.05, 0) is 73.6 Å². The van der Waals surface area contributed by atoms with Gasteiger partial charge in [-0.2, -0.15) is 0 Å². The molecule has 144 valence electrons. The van der Waals surface area contributed by atoms with Gasteiger partial charge in [0.2, 0.25) is 0 Å². The van der Waals surface area contributed by atoms with Crippen molar-refractivity contribution < 1.29 is 4.79 Å². The molecule has 5 rings (SSSR count). The molecule has 0 N–H and O–H groups in total. The van der Waals surface area contributed by atoms with Crippen molar-refractivity contribution >= 4 is 27.3 Å². The van der Waals surface area contributed by atoms with Crippen LogP contribution in [0.15, 0.2) is 29.3 Å². The van der Waals surface area contributed by atoms with Crippen LogP contribution in [0.25, 0.3) is 10.2 Å². The fourth-order valence-corrected chi connectivity index (χ4v) is 5.97. The highest BCUT2D eigenvalue weighted by molar-refractivity contribution is 7.18. The Bertz CT molecular complexity index is 1140. The van der Waals surface area contributed by atoms with E-state index in [1.165, 1.54) is 39.0 Å². The average molecular weight is 393 g/mol. The van der Waals surface area contributed by atoms with Crippen LogP contribution in [0.1, 0.15) is 58.1 Å². The van der Waals surface area contributed by atoms with Crippen molar-refractivity contribution in [2.75, 3.05) is 0 Å². The average Bonchev–Trinajstić information content (AvgIpc) is 3.07. The lowest BCUT2D eigenvalue weighted by Gasteiger charge is -2.17. The SMILES string of the molecule is C[C@@H]1CCc2c(sc3ncn(CC(=O)c4ccc5c(c4)CCCC5)c(=O)c23)C1. The molecule has 0 saturated heterocycles. The van der Waals surface area contributed by atoms with E-state index >= 15 is 0 Å². The summed E-state index contributed by atoms with van der Waals surface area (Å²) < 4.78 is 1.50. The highest BCUT2D eigenvalue weighted by atomic mass is 32.1. The molecule has 5 heteroatoms. The number of aryl methyl sites for hydroxylation is 3. The van der Waals surface area contributed by atoms with E-state index < -0.39 is 0 Å². The summed E-state index contributed by atoms with van der Waals surface area (Å²) >= 11 is 1.65. The zero-order valence-corrected chi connectivity index (χ0v) is 17.0. The number of fused-ring (bicyclic) bond motifs is 4. The minimum absolute atomic E-state index is 0.0191. The van der Waals surface area contributed by atoms with Crippen LogP contribution >= 0.6 is 11.3 Å². The second-order valence-corrected chi connectivity index (χ2v) is 9.41. The number of carbonyl (C=O) groups excluding carboxylic acids is 1. The number of nitrogens with zero attached hydrogens (tertiary/aromatic N) is 2. The largest absolute Gasteiger partial charge is 0.292 e. The summed E-state index contributed by atoms with van der Waals surface area (Å²) in [6, 6.07) is 6.03. The van der Waals surface area contributed by atoms with Crippen LogP contribution < -0.4 is 5.56 Å². The molecule has 1 atom stereocenters. The third-order valence-corrected chi connectivity index (χ3v) is 7.43. The minimum Gasteiger partial charge on any atom is -0.292 e. The van der Waals surface area contributed by atoms with Gasteiger partial charge in [0.15, 0.2) is 5.78 Å². The van der Waals surface area contributed by atoms with Gasteiger partial charge in [-0.25, -0.2) is 4.98 Å². The smallest absolute Gasteiger partial charge is 0.262 e. The van der Waals surface area contributed by atoms with E-state index in [4.69, 9.17) is 0 Å². The Balaban J connectivity index is 1.47. The predicted molar refractivity (Wildman–Crippen MR) is 112 cm³/mol. The number of ketones is 1. The number of Topliss-reactive ketones (excluding diaryl/α,β-unsaturated/α-hetero) is 1. The summed E-state index contributed by atoms with van der Waals surface area (Å²) in [6.45, 7) is 2.32. The molecule has 2 aromatic heterocycles. The second-order valence-electron chi connectivity index (χ2n) is 8.32. The molecule has 0 fully saturated rings. The lowest BCUT2D eigenvalue weighted by molar-refractivity contribution is 0.0970. The number of rotatable bonds is 3. The molecule has 2 aliphatic carbocycles. The van der Waals surface area contributed by atoms with Crippen molar-refractivity contribution in [2.45, 2.75) is 58.4 Å². The van der Waals surface area contributed by atoms with E-state index in [1.54, 1.807) is 17.7 Å². The third-order valence-electron chi connectivity index (χ3n) is 6.27. The summed E-state index contributed by atoms with van der Waals surface area (Å²) in [5.74, 6) is 0.641. The molecular weight excluding hydrogens is 368 g/mol. The van der Waals surface area contributed by atoms with Crippen molar-refractivity contribution in [1.29, 1.82) is 0 Å². The first-order valence-corrected chi connectivity index (χ1v) is 11.1. The van der Waals surface area contributed by atoms with Gasteiger partial charge in [0.1, 0.15) is 4.83 Å². The molecule has 0 spiro atoms. The summed E-state index contributed by atoms with van der Waals surface area (Å²) in [6.07, 6.45) is 9.19. The van der Waals surface area contributed by atoms with Crippen molar-refractivity contribution in [3.8, 4) is 0 Å². The van der Waals surface area contributed by atoms with Crippen LogP contribution in [0.2, 0.25) is 0 Å². The number of aromatic nitrogens is 2. The molecule has 0 unspecified atom stereocenters. The first kappa shape index (κ1) is 17.8. The van der Waals surface area contributed by atoms with E-state index in [1.807, 2.05) is 12.1 Å². The van der Waals surface area contributed by atoms with Gasteiger partial charge >= 0.3 is 0 Å². The Morgan fingerprint density at radius 3 is 2.89 bits per heavy atom. The normalized spacial score (nSPS) is 18.7. The van der Waals surface area contributed by atoms with Gasteiger partial charge in [0, 0.05) is 10.4 Å². The molecule has 2 aliphatic rings. The predicted octanol–water partition coefficient (Wildman–Crippen LogP) is 4.34. The minimum atomic E-state index is -0.0663. The number of hydrogen-bond donors (Lipinski definition) is 0. The molecule has 0 bridgehead atoms. The monoisotopic (exact) mass is 392 g/mol. The lowest BCUT2D eigenvalue weighted by Crippen LogP contribution is -2.25. The Morgan fingerprint density at radius 2 is 2.04 bits per heavy atom. The number of thiophene rings is 1. The van der Waals surface area contributed by atoms with E-state index in [9.17, 15) is 9.59 Å². The van der Waals surface area contributed by atoms with Crippen LogP contribution in [-0.4, -0.2) is 15.3 Å². The van der Waals surface area contributed by atoms with Crippen LogP contribution in [0.5, 0.6) is 0 Å². The van der Waals surface area contributed by atoms with Gasteiger partial charge in [0.25, 0.3) is 5.56 Å². The standard InChI is InChI=1S/C23H24N2O2S/c1-14-6-9-18-20(10-14)28-22-21(18)23(27)25(13-24-22)12-19(26)17-8-7-15-4-2-3-5-16(15)11-17/h7-8,11,13-14H,2-6,9-10,12H2,1H3/t14-/m1/s1. The van der Waals surface area contributed by atoms with E-state index in [-0.39, 0.29) is 17.9 Å². The maximum atomic E-state index is 13.1. The zero-order chi connectivity index (χ0) is 19.3. The Hall–Kier alpha value is -2.27. The molecule has 0 saturated carbocycles. The summed E-state index contributed by atoms with van der Waals surface area (Å²) in [5.41, 5.74) is 4.46. The van der Waals surface area contributed by atoms with Crippen molar-refractivity contribution in [3.05, 3.63) is 62.0 Å². The van der Waals surface area contributed by atoms with E-state index in [0.29, 0.717) is 11.5 Å². The fourth-order valence-electron chi connectivity index (χ4n) is 4.63. The zero-order valence-electron chi connectivity index (χ0n) is 16.2. The Kier molecular flexibility index (Phi) is 4.43. The first-order valence-electron chi connectivity index (χ1n) is 10.2. The number of benzene rings is 1. The van der Waals surface area contributed by atoms with Gasteiger partial charge in [-0.15, -0.1) is 11.3 Å². The Morgan fingerprint density at radius 1 is 1.21 bits per heavy atom. The molecule has 0 amide bonds. The van der Waals surface area contributed by atoms with Gasteiger partial charge in [-0.1, -0.05) is 19.1 Å². The second kappa shape index (κ2) is 6.96. The van der Waals surface area contributed by atoms with Crippen LogP contribution in [-0.2, 0) is 32.2 Å². The fraction of sp³-hybridized carbons (Fsp3) is 0.435. The summed E-state index contributed by atoms with van der Waals surface area (Å²) in [7, 11) is 0. The van der Waals surface area contributed by atoms with Gasteiger partial charge in [0.05, 0.1) is 18.3 Å².